The third kappa shape index (κ3) is 6.85. The van der Waals surface area contributed by atoms with Crippen molar-refractivity contribution in [2.24, 2.45) is 5.10 Å². The van der Waals surface area contributed by atoms with Crippen molar-refractivity contribution in [3.63, 3.8) is 0 Å². The summed E-state index contributed by atoms with van der Waals surface area (Å²) in [4.78, 5) is 12.7. The van der Waals surface area contributed by atoms with E-state index in [2.05, 4.69) is 10.5 Å². The number of rotatable bonds is 11. The molecule has 12 heteroatoms. The Morgan fingerprint density at radius 1 is 1.00 bits per heavy atom. The summed E-state index contributed by atoms with van der Waals surface area (Å²) in [6.07, 6.45) is 1.28. The van der Waals surface area contributed by atoms with Crippen molar-refractivity contribution in [1.29, 1.82) is 0 Å². The standard InChI is InChI=1S/C25H25Cl2N3O6S/c1-4-36-18-10-8-17(9-11-18)30(37(32,33)19-12-13-23(34-2)24(14-19)35-3)16-25(31)29-28-15-20-21(26)6-5-7-22(20)27/h5-15H,4,16H2,1-3H3,(H,29,31)/b28-15-. The maximum Gasteiger partial charge on any atom is 0.264 e. The lowest BCUT2D eigenvalue weighted by atomic mass is 10.2. The maximum atomic E-state index is 13.7. The van der Waals surface area contributed by atoms with E-state index in [-0.39, 0.29) is 16.3 Å². The van der Waals surface area contributed by atoms with E-state index in [1.807, 2.05) is 6.92 Å². The quantitative estimate of drug-likeness (QED) is 0.265. The molecule has 0 spiro atoms. The third-order valence-electron chi connectivity index (χ3n) is 5.05. The molecule has 0 aromatic heterocycles. The largest absolute Gasteiger partial charge is 0.494 e. The van der Waals surface area contributed by atoms with Crippen molar-refractivity contribution in [1.82, 2.24) is 5.43 Å². The molecule has 0 unspecified atom stereocenters. The Labute approximate surface area is 225 Å². The zero-order valence-electron chi connectivity index (χ0n) is 20.3. The van der Waals surface area contributed by atoms with Crippen molar-refractivity contribution in [2.75, 3.05) is 31.7 Å². The number of nitrogens with one attached hydrogen (secondary N) is 1. The molecule has 0 heterocycles. The number of hydrogen-bond acceptors (Lipinski definition) is 7. The minimum absolute atomic E-state index is 0.0989. The van der Waals surface area contributed by atoms with Crippen LogP contribution in [0, 0.1) is 0 Å². The van der Waals surface area contributed by atoms with Gasteiger partial charge >= 0.3 is 0 Å². The summed E-state index contributed by atoms with van der Waals surface area (Å²) >= 11 is 12.2. The molecule has 3 rings (SSSR count). The molecule has 0 saturated heterocycles. The summed E-state index contributed by atoms with van der Waals surface area (Å²) in [5.41, 5.74) is 2.97. The van der Waals surface area contributed by atoms with E-state index in [0.29, 0.717) is 33.7 Å². The van der Waals surface area contributed by atoms with Gasteiger partial charge in [0.2, 0.25) is 0 Å². The summed E-state index contributed by atoms with van der Waals surface area (Å²) in [6.45, 7) is 1.71. The van der Waals surface area contributed by atoms with Gasteiger partial charge in [-0.15, -0.1) is 0 Å². The molecule has 37 heavy (non-hydrogen) atoms. The monoisotopic (exact) mass is 565 g/mol. The van der Waals surface area contributed by atoms with Crippen LogP contribution in [0.25, 0.3) is 0 Å². The predicted molar refractivity (Wildman–Crippen MR) is 144 cm³/mol. The van der Waals surface area contributed by atoms with Gasteiger partial charge in [0, 0.05) is 11.6 Å². The smallest absolute Gasteiger partial charge is 0.264 e. The van der Waals surface area contributed by atoms with E-state index in [1.165, 1.54) is 38.6 Å². The number of carbonyl (C=O) groups excluding carboxylic acids is 1. The first-order chi connectivity index (χ1) is 17.7. The Hall–Kier alpha value is -3.47. The van der Waals surface area contributed by atoms with Crippen molar-refractivity contribution in [3.8, 4) is 17.2 Å². The second-order valence-electron chi connectivity index (χ2n) is 7.38. The second-order valence-corrected chi connectivity index (χ2v) is 10.1. The number of carbonyl (C=O) groups is 1. The minimum atomic E-state index is -4.22. The molecule has 0 fully saturated rings. The Balaban J connectivity index is 1.92. The number of hydrazone groups is 1. The predicted octanol–water partition coefficient (Wildman–Crippen LogP) is 4.75. The molecule has 0 atom stereocenters. The van der Waals surface area contributed by atoms with E-state index in [0.717, 1.165) is 4.31 Å². The second kappa shape index (κ2) is 12.7. The molecule has 0 aliphatic heterocycles. The molecule has 0 aliphatic carbocycles. The van der Waals surface area contributed by atoms with E-state index < -0.39 is 22.5 Å². The van der Waals surface area contributed by atoms with Crippen molar-refractivity contribution >= 4 is 51.0 Å². The van der Waals surface area contributed by atoms with Crippen LogP contribution in [0.2, 0.25) is 10.0 Å². The highest BCUT2D eigenvalue weighted by Gasteiger charge is 2.28. The van der Waals surface area contributed by atoms with Gasteiger partial charge in [-0.2, -0.15) is 5.10 Å². The summed E-state index contributed by atoms with van der Waals surface area (Å²) < 4.78 is 44.2. The number of anilines is 1. The highest BCUT2D eigenvalue weighted by molar-refractivity contribution is 7.92. The number of nitrogens with zero attached hydrogens (tertiary/aromatic N) is 2. The van der Waals surface area contributed by atoms with Gasteiger partial charge in [-0.05, 0) is 55.5 Å². The van der Waals surface area contributed by atoms with Crippen LogP contribution in [0.1, 0.15) is 12.5 Å². The summed E-state index contributed by atoms with van der Waals surface area (Å²) in [5.74, 6) is 0.443. The Kier molecular flexibility index (Phi) is 9.62. The number of halogens is 2. The van der Waals surface area contributed by atoms with Gasteiger partial charge in [-0.1, -0.05) is 29.3 Å². The number of ether oxygens (including phenoxy) is 3. The fraction of sp³-hybridized carbons (Fsp3) is 0.200. The van der Waals surface area contributed by atoms with Gasteiger partial charge in [0.05, 0.1) is 47.7 Å². The third-order valence-corrected chi connectivity index (χ3v) is 7.48. The van der Waals surface area contributed by atoms with Crippen LogP contribution in [0.4, 0.5) is 5.69 Å². The average Bonchev–Trinajstić information content (AvgIpc) is 2.89. The zero-order valence-corrected chi connectivity index (χ0v) is 22.6. The molecule has 9 nitrogen and oxygen atoms in total. The van der Waals surface area contributed by atoms with Crippen LogP contribution in [0.5, 0.6) is 17.2 Å². The first kappa shape index (κ1) is 28.1. The van der Waals surface area contributed by atoms with Crippen LogP contribution in [0.15, 0.2) is 70.7 Å². The van der Waals surface area contributed by atoms with E-state index >= 15 is 0 Å². The molecule has 0 radical (unpaired) electrons. The van der Waals surface area contributed by atoms with E-state index in [4.69, 9.17) is 37.4 Å². The lowest BCUT2D eigenvalue weighted by Crippen LogP contribution is -2.39. The number of amides is 1. The van der Waals surface area contributed by atoms with Gasteiger partial charge < -0.3 is 14.2 Å². The summed E-state index contributed by atoms with van der Waals surface area (Å²) in [5, 5.41) is 4.57. The van der Waals surface area contributed by atoms with Gasteiger partial charge in [0.1, 0.15) is 12.3 Å². The highest BCUT2D eigenvalue weighted by atomic mass is 35.5. The highest BCUT2D eigenvalue weighted by Crippen LogP contribution is 2.32. The Morgan fingerprint density at radius 3 is 2.24 bits per heavy atom. The van der Waals surface area contributed by atoms with Gasteiger partial charge in [0.25, 0.3) is 15.9 Å². The van der Waals surface area contributed by atoms with Crippen LogP contribution in [-0.4, -0.2) is 47.9 Å². The molecule has 1 amide bonds. The Bertz CT molecular complexity index is 1360. The fourth-order valence-electron chi connectivity index (χ4n) is 3.26. The number of benzene rings is 3. The van der Waals surface area contributed by atoms with Crippen LogP contribution < -0.4 is 23.9 Å². The number of methoxy groups -OCH3 is 2. The average molecular weight is 566 g/mol. The lowest BCUT2D eigenvalue weighted by Gasteiger charge is -2.24. The van der Waals surface area contributed by atoms with Crippen LogP contribution in [-0.2, 0) is 14.8 Å². The molecular formula is C25H25Cl2N3O6S. The zero-order chi connectivity index (χ0) is 27.0. The molecule has 196 valence electrons. The molecule has 3 aromatic carbocycles. The van der Waals surface area contributed by atoms with Crippen LogP contribution in [0.3, 0.4) is 0 Å². The topological polar surface area (TPSA) is 107 Å². The van der Waals surface area contributed by atoms with Gasteiger partial charge in [0.15, 0.2) is 11.5 Å². The summed E-state index contributed by atoms with van der Waals surface area (Å²) in [7, 11) is -1.38. The first-order valence-corrected chi connectivity index (χ1v) is 13.1. The fourth-order valence-corrected chi connectivity index (χ4v) is 5.20. The maximum absolute atomic E-state index is 13.7. The lowest BCUT2D eigenvalue weighted by molar-refractivity contribution is -0.119. The SMILES string of the molecule is CCOc1ccc(N(CC(=O)N/N=C\c2c(Cl)cccc2Cl)S(=O)(=O)c2ccc(OC)c(OC)c2)cc1. The molecule has 0 saturated carbocycles. The van der Waals surface area contributed by atoms with Crippen molar-refractivity contribution in [3.05, 3.63) is 76.3 Å². The molecular weight excluding hydrogens is 541 g/mol. The Morgan fingerprint density at radius 2 is 1.65 bits per heavy atom. The number of sulfonamides is 1. The number of hydrogen-bond donors (Lipinski definition) is 1. The molecule has 1 N–H and O–H groups in total. The van der Waals surface area contributed by atoms with Crippen LogP contribution >= 0.6 is 23.2 Å². The van der Waals surface area contributed by atoms with E-state index in [9.17, 15) is 13.2 Å². The normalized spacial score (nSPS) is 11.3. The molecule has 3 aromatic rings. The van der Waals surface area contributed by atoms with Crippen molar-refractivity contribution < 1.29 is 27.4 Å². The molecule has 0 bridgehead atoms. The minimum Gasteiger partial charge on any atom is -0.494 e. The van der Waals surface area contributed by atoms with Gasteiger partial charge in [-0.3, -0.25) is 9.10 Å². The van der Waals surface area contributed by atoms with Crippen molar-refractivity contribution in [2.45, 2.75) is 11.8 Å². The first-order valence-electron chi connectivity index (χ1n) is 10.9. The molecule has 0 aliphatic rings. The van der Waals surface area contributed by atoms with E-state index in [1.54, 1.807) is 42.5 Å². The summed E-state index contributed by atoms with van der Waals surface area (Å²) in [6, 6.07) is 15.4. The van der Waals surface area contributed by atoms with Gasteiger partial charge in [-0.25, -0.2) is 13.8 Å².